The van der Waals surface area contributed by atoms with E-state index in [4.69, 9.17) is 0 Å². The first-order valence-corrected chi connectivity index (χ1v) is 33.0. The second-order valence-corrected chi connectivity index (χ2v) is 33.1. The third-order valence-corrected chi connectivity index (χ3v) is 25.1. The summed E-state index contributed by atoms with van der Waals surface area (Å²) >= 11 is 0. The van der Waals surface area contributed by atoms with Gasteiger partial charge in [0.05, 0.1) is 16.8 Å². The number of anilines is 7. The van der Waals surface area contributed by atoms with Crippen LogP contribution in [-0.2, 0) is 37.9 Å². The van der Waals surface area contributed by atoms with Gasteiger partial charge in [0.15, 0.2) is 0 Å². The van der Waals surface area contributed by atoms with Gasteiger partial charge in [-0.25, -0.2) is 0 Å². The van der Waals surface area contributed by atoms with Gasteiger partial charge in [-0.15, -0.1) is 0 Å². The lowest BCUT2D eigenvalue weighted by Gasteiger charge is -2.51. The molecule has 4 atom stereocenters. The van der Waals surface area contributed by atoms with Crippen LogP contribution in [0, 0.1) is 6.92 Å². The van der Waals surface area contributed by atoms with E-state index in [9.17, 15) is 0 Å². The Morgan fingerprint density at radius 2 is 0.988 bits per heavy atom. The first-order chi connectivity index (χ1) is 40.1. The number of aryl methyl sites for hydroxylation is 1. The van der Waals surface area contributed by atoms with Crippen LogP contribution in [-0.4, -0.2) is 22.4 Å². The highest BCUT2D eigenvalue weighted by molar-refractivity contribution is 7.00. The molecule has 2 fully saturated rings. The molecular weight excluding hydrogens is 1030 g/mol. The first-order valence-electron chi connectivity index (χ1n) is 33.0. The number of fused-ring (bicyclic) bond motifs is 16. The molecule has 0 saturated heterocycles. The van der Waals surface area contributed by atoms with Crippen LogP contribution in [0.1, 0.15) is 225 Å². The molecule has 8 aliphatic rings. The van der Waals surface area contributed by atoms with Crippen molar-refractivity contribution in [2.45, 2.75) is 231 Å². The molecule has 16 rings (SSSR count). The van der Waals surface area contributed by atoms with Crippen molar-refractivity contribution in [2.75, 3.05) is 14.7 Å². The molecule has 8 aromatic rings. The quantitative estimate of drug-likeness (QED) is 0.164. The van der Waals surface area contributed by atoms with Crippen molar-refractivity contribution in [2.24, 2.45) is 0 Å². The van der Waals surface area contributed by atoms with Crippen molar-refractivity contribution < 1.29 is 0 Å². The molecule has 2 saturated carbocycles. The van der Waals surface area contributed by atoms with Crippen molar-refractivity contribution >= 4 is 73.8 Å². The SMILES string of the molecule is Cc1cc2c(cc1N1c3cc(N4c5ccc(C(C)(C)C)cc5C5(C)CCCCC45C)ccc3B3c4c1cc(N1c5ccc(C(C)(C)C)cc5C5(C)CCCCC15C)cc4-n1c4c(c5cccc3c51)C(C)(C)c1ccccc1-4)C(C)(C)CCC2(C)C. The van der Waals surface area contributed by atoms with Crippen LogP contribution in [0.15, 0.2) is 121 Å². The Kier molecular flexibility index (Phi) is 10.7. The molecule has 7 aromatic carbocycles. The summed E-state index contributed by atoms with van der Waals surface area (Å²) < 4.78 is 2.80. The summed E-state index contributed by atoms with van der Waals surface area (Å²) in [6.07, 6.45) is 12.0. The van der Waals surface area contributed by atoms with E-state index in [2.05, 4.69) is 258 Å². The van der Waals surface area contributed by atoms with Crippen LogP contribution < -0.4 is 31.1 Å². The minimum Gasteiger partial charge on any atom is -0.334 e. The Labute approximate surface area is 509 Å². The first kappa shape index (κ1) is 54.0. The highest BCUT2D eigenvalue weighted by Crippen LogP contribution is 2.65. The van der Waals surface area contributed by atoms with Gasteiger partial charge in [0.2, 0.25) is 0 Å². The Morgan fingerprint density at radius 3 is 1.60 bits per heavy atom. The van der Waals surface area contributed by atoms with E-state index in [0.717, 1.165) is 19.3 Å². The van der Waals surface area contributed by atoms with Crippen molar-refractivity contribution in [3.63, 3.8) is 0 Å². The van der Waals surface area contributed by atoms with Crippen LogP contribution in [0.25, 0.3) is 27.8 Å². The zero-order chi connectivity index (χ0) is 59.5. The number of benzene rings is 7. The molecule has 0 radical (unpaired) electrons. The second-order valence-electron chi connectivity index (χ2n) is 33.1. The maximum absolute atomic E-state index is 2.90. The van der Waals surface area contributed by atoms with Gasteiger partial charge in [0.1, 0.15) is 0 Å². The minimum absolute atomic E-state index is 0.00190. The Balaban J connectivity index is 1.04. The minimum atomic E-state index is -0.187. The van der Waals surface area contributed by atoms with Crippen molar-refractivity contribution in [3.05, 3.63) is 171 Å². The van der Waals surface area contributed by atoms with Crippen molar-refractivity contribution in [1.82, 2.24) is 4.57 Å². The van der Waals surface area contributed by atoms with Gasteiger partial charge in [-0.3, -0.25) is 0 Å². The molecule has 4 aliphatic carbocycles. The van der Waals surface area contributed by atoms with E-state index in [1.165, 1.54) is 179 Å². The van der Waals surface area contributed by atoms with Crippen LogP contribution in [0.5, 0.6) is 0 Å². The number of nitrogens with zero attached hydrogens (tertiary/aromatic N) is 4. The molecule has 434 valence electrons. The summed E-state index contributed by atoms with van der Waals surface area (Å²) in [7, 11) is 0. The van der Waals surface area contributed by atoms with Gasteiger partial charge in [-0.1, -0.05) is 201 Å². The summed E-state index contributed by atoms with van der Waals surface area (Å²) in [5.74, 6) is 0. The summed E-state index contributed by atoms with van der Waals surface area (Å²) in [5, 5.41) is 1.39. The van der Waals surface area contributed by atoms with E-state index in [1.54, 1.807) is 0 Å². The largest absolute Gasteiger partial charge is 0.334 e. The van der Waals surface area contributed by atoms with Crippen molar-refractivity contribution in [3.8, 4) is 16.9 Å². The normalized spacial score (nSPS) is 25.8. The van der Waals surface area contributed by atoms with Gasteiger partial charge in [-0.2, -0.15) is 0 Å². The smallest absolute Gasteiger partial charge is 0.252 e. The molecule has 5 heteroatoms. The fourth-order valence-corrected chi connectivity index (χ4v) is 19.6. The monoisotopic (exact) mass is 1120 g/mol. The fraction of sp³-hybridized carbons (Fsp3) is 0.450. The highest BCUT2D eigenvalue weighted by atomic mass is 15.3. The number of rotatable bonds is 3. The van der Waals surface area contributed by atoms with Crippen LogP contribution in [0.4, 0.5) is 39.8 Å². The molecule has 5 heterocycles. The van der Waals surface area contributed by atoms with Gasteiger partial charge in [0.25, 0.3) is 6.71 Å². The fourth-order valence-electron chi connectivity index (χ4n) is 19.6. The van der Waals surface area contributed by atoms with E-state index >= 15 is 0 Å². The maximum atomic E-state index is 2.90. The van der Waals surface area contributed by atoms with Gasteiger partial charge in [0, 0.05) is 78.2 Å². The average Bonchev–Trinajstić information content (AvgIpc) is 1.62. The van der Waals surface area contributed by atoms with Crippen LogP contribution in [0.3, 0.4) is 0 Å². The third kappa shape index (κ3) is 6.72. The van der Waals surface area contributed by atoms with E-state index < -0.39 is 0 Å². The Bertz CT molecular complexity index is 4260. The summed E-state index contributed by atoms with van der Waals surface area (Å²) in [4.78, 5) is 8.58. The molecule has 0 spiro atoms. The second kappa shape index (κ2) is 16.8. The number of para-hydroxylation sites is 1. The van der Waals surface area contributed by atoms with Gasteiger partial charge < -0.3 is 19.3 Å². The third-order valence-electron chi connectivity index (χ3n) is 25.1. The van der Waals surface area contributed by atoms with Gasteiger partial charge in [-0.05, 0) is 190 Å². The Hall–Kier alpha value is -6.46. The molecule has 0 amide bonds. The zero-order valence-corrected chi connectivity index (χ0v) is 54.5. The maximum Gasteiger partial charge on any atom is 0.252 e. The topological polar surface area (TPSA) is 14.7 Å². The lowest BCUT2D eigenvalue weighted by molar-refractivity contribution is 0.195. The highest BCUT2D eigenvalue weighted by Gasteiger charge is 2.60. The molecule has 85 heavy (non-hydrogen) atoms. The molecule has 4 aliphatic heterocycles. The molecule has 0 N–H and O–H groups in total. The summed E-state index contributed by atoms with van der Waals surface area (Å²) in [6, 6.07) is 50.6. The molecule has 1 aromatic heterocycles. The summed E-state index contributed by atoms with van der Waals surface area (Å²) in [5.41, 5.74) is 31.9. The number of aromatic nitrogens is 1. The summed E-state index contributed by atoms with van der Waals surface area (Å²) in [6.45, 7) is 42.3. The molecular formula is C80H91BN4. The average molecular weight is 1120 g/mol. The lowest BCUT2D eigenvalue weighted by atomic mass is 9.33. The van der Waals surface area contributed by atoms with Crippen LogP contribution in [0.2, 0.25) is 0 Å². The van der Waals surface area contributed by atoms with Gasteiger partial charge >= 0.3 is 0 Å². The van der Waals surface area contributed by atoms with Crippen LogP contribution >= 0.6 is 0 Å². The van der Waals surface area contributed by atoms with E-state index in [-0.39, 0.29) is 55.7 Å². The number of hydrogen-bond donors (Lipinski definition) is 0. The lowest BCUT2D eigenvalue weighted by Crippen LogP contribution is -2.61. The predicted octanol–water partition coefficient (Wildman–Crippen LogP) is 19.3. The van der Waals surface area contributed by atoms with Crippen molar-refractivity contribution in [1.29, 1.82) is 0 Å². The predicted molar refractivity (Wildman–Crippen MR) is 363 cm³/mol. The van der Waals surface area contributed by atoms with E-state index in [1.807, 2.05) is 0 Å². The molecule has 4 nitrogen and oxygen atoms in total. The zero-order valence-electron chi connectivity index (χ0n) is 54.5. The standard InChI is InChI=1S/C80H91BN4/c1-48-41-56-57(75(10,11)40-39-74(56,8)9)47-64(48)82-65-44-51(84-62-33-29-49(72(2,3)4)42-58(62)77(14)35-20-22-37-79(77,84)16)31-32-60(65)81-61-28-24-26-54-68-71(53-25-18-19-27-55(53)76(68,12)13)83(70(54)61)67-46-52(45-66(82)69(67)81)85-63-34-30-50(73(5,6)7)43-59(63)78(15)36-21-23-38-80(78,85)17/h18-19,24-34,41-47H,20-23,35-40H2,1-17H3. The van der Waals surface area contributed by atoms with E-state index in [0.29, 0.717) is 0 Å². The Morgan fingerprint density at radius 1 is 0.435 bits per heavy atom. The molecule has 4 unspecified atom stereocenters. The number of hydrogen-bond acceptors (Lipinski definition) is 3. The molecule has 0 bridgehead atoms.